The van der Waals surface area contributed by atoms with Gasteiger partial charge in [0, 0.05) is 25.6 Å². The third kappa shape index (κ3) is 3.81. The summed E-state index contributed by atoms with van der Waals surface area (Å²) in [6.45, 7) is 5.88. The molecule has 2 atom stereocenters. The summed E-state index contributed by atoms with van der Waals surface area (Å²) in [5, 5.41) is 0. The Hall–Kier alpha value is -1.39. The molecule has 2 unspecified atom stereocenters. The molecule has 0 amide bonds. The van der Waals surface area contributed by atoms with Crippen molar-refractivity contribution in [3.05, 3.63) is 28.8 Å². The van der Waals surface area contributed by atoms with Crippen LogP contribution in [0.1, 0.15) is 61.1 Å². The molecule has 1 saturated carbocycles. The second-order valence-electron chi connectivity index (χ2n) is 7.55. The van der Waals surface area contributed by atoms with Crippen molar-refractivity contribution in [1.29, 1.82) is 0 Å². The van der Waals surface area contributed by atoms with Crippen molar-refractivity contribution in [1.82, 2.24) is 0 Å². The molecule has 0 aromatic heterocycles. The second-order valence-corrected chi connectivity index (χ2v) is 7.55. The van der Waals surface area contributed by atoms with Crippen molar-refractivity contribution in [2.24, 2.45) is 17.7 Å². The number of nitrogens with two attached hydrogens (primary N) is 1. The molecule has 1 heterocycles. The van der Waals surface area contributed by atoms with Gasteiger partial charge < -0.3 is 9.57 Å². The van der Waals surface area contributed by atoms with E-state index >= 15 is 0 Å². The van der Waals surface area contributed by atoms with E-state index in [1.165, 1.54) is 12.0 Å². The summed E-state index contributed by atoms with van der Waals surface area (Å²) < 4.78 is 5.44. The molecular formula is C20H29NO3. The SMILES string of the molecule is Cc1cc(ON)cc(C)c1C1CCC(CC2CCOCC2)CC1=O. The largest absolute Gasteiger partial charge is 0.412 e. The lowest BCUT2D eigenvalue weighted by atomic mass is 9.72. The van der Waals surface area contributed by atoms with Crippen molar-refractivity contribution in [3.63, 3.8) is 0 Å². The molecule has 0 radical (unpaired) electrons. The van der Waals surface area contributed by atoms with Gasteiger partial charge in [-0.3, -0.25) is 4.79 Å². The lowest BCUT2D eigenvalue weighted by molar-refractivity contribution is -0.123. The first kappa shape index (κ1) is 17.4. The van der Waals surface area contributed by atoms with Crippen LogP contribution in [0.2, 0.25) is 0 Å². The van der Waals surface area contributed by atoms with Gasteiger partial charge in [0.25, 0.3) is 0 Å². The fraction of sp³-hybridized carbons (Fsp3) is 0.650. The molecule has 132 valence electrons. The summed E-state index contributed by atoms with van der Waals surface area (Å²) in [7, 11) is 0. The van der Waals surface area contributed by atoms with Crippen LogP contribution in [-0.4, -0.2) is 19.0 Å². The Balaban J connectivity index is 1.66. The number of hydrogen-bond acceptors (Lipinski definition) is 4. The minimum atomic E-state index is 0.0442. The Morgan fingerprint density at radius 2 is 1.75 bits per heavy atom. The van der Waals surface area contributed by atoms with E-state index in [9.17, 15) is 4.79 Å². The maximum Gasteiger partial charge on any atom is 0.147 e. The number of Topliss-reactive ketones (excluding diaryl/α,β-unsaturated/α-hetero) is 1. The Labute approximate surface area is 144 Å². The number of carbonyl (C=O) groups excluding carboxylic acids is 1. The van der Waals surface area contributed by atoms with Gasteiger partial charge >= 0.3 is 0 Å². The normalized spacial score (nSPS) is 25.7. The highest BCUT2D eigenvalue weighted by molar-refractivity contribution is 5.87. The molecular weight excluding hydrogens is 302 g/mol. The number of carbonyl (C=O) groups is 1. The number of benzene rings is 1. The predicted molar refractivity (Wildman–Crippen MR) is 94.0 cm³/mol. The van der Waals surface area contributed by atoms with E-state index < -0.39 is 0 Å². The zero-order valence-corrected chi connectivity index (χ0v) is 14.8. The van der Waals surface area contributed by atoms with Gasteiger partial charge in [-0.05, 0) is 86.6 Å². The molecule has 0 bridgehead atoms. The lowest BCUT2D eigenvalue weighted by Crippen LogP contribution is -2.27. The summed E-state index contributed by atoms with van der Waals surface area (Å²) in [5.41, 5.74) is 3.40. The van der Waals surface area contributed by atoms with Crippen molar-refractivity contribution in [2.75, 3.05) is 13.2 Å². The van der Waals surface area contributed by atoms with Gasteiger partial charge in [-0.2, -0.15) is 5.90 Å². The first-order valence-corrected chi connectivity index (χ1v) is 9.16. The summed E-state index contributed by atoms with van der Waals surface area (Å²) in [6.07, 6.45) is 6.37. The average molecular weight is 331 g/mol. The van der Waals surface area contributed by atoms with Crippen molar-refractivity contribution in [2.45, 2.75) is 58.3 Å². The van der Waals surface area contributed by atoms with Gasteiger partial charge in [-0.1, -0.05) is 0 Å². The molecule has 2 N–H and O–H groups in total. The van der Waals surface area contributed by atoms with E-state index in [1.807, 2.05) is 26.0 Å². The molecule has 2 aliphatic rings. The minimum Gasteiger partial charge on any atom is -0.412 e. The van der Waals surface area contributed by atoms with Crippen LogP contribution in [0.25, 0.3) is 0 Å². The molecule has 1 saturated heterocycles. The molecule has 1 aromatic rings. The summed E-state index contributed by atoms with van der Waals surface area (Å²) in [6, 6.07) is 3.87. The highest BCUT2D eigenvalue weighted by Gasteiger charge is 2.32. The van der Waals surface area contributed by atoms with Gasteiger partial charge in [0.2, 0.25) is 0 Å². The van der Waals surface area contributed by atoms with E-state index in [1.54, 1.807) is 0 Å². The van der Waals surface area contributed by atoms with E-state index in [2.05, 4.69) is 0 Å². The first-order valence-electron chi connectivity index (χ1n) is 9.16. The van der Waals surface area contributed by atoms with Crippen LogP contribution in [0.5, 0.6) is 5.75 Å². The first-order chi connectivity index (χ1) is 11.6. The highest BCUT2D eigenvalue weighted by atomic mass is 16.6. The van der Waals surface area contributed by atoms with Gasteiger partial charge in [-0.15, -0.1) is 0 Å². The predicted octanol–water partition coefficient (Wildman–Crippen LogP) is 3.83. The van der Waals surface area contributed by atoms with E-state index in [4.69, 9.17) is 15.5 Å². The van der Waals surface area contributed by atoms with Crippen LogP contribution in [0.4, 0.5) is 0 Å². The molecule has 2 fully saturated rings. The molecule has 24 heavy (non-hydrogen) atoms. The van der Waals surface area contributed by atoms with Crippen LogP contribution in [0, 0.1) is 25.7 Å². The molecule has 4 nitrogen and oxygen atoms in total. The highest BCUT2D eigenvalue weighted by Crippen LogP contribution is 2.40. The Bertz CT molecular complexity index is 570. The Morgan fingerprint density at radius 1 is 1.08 bits per heavy atom. The number of ketones is 1. The van der Waals surface area contributed by atoms with Gasteiger partial charge in [0.05, 0.1) is 0 Å². The number of aryl methyl sites for hydroxylation is 2. The Morgan fingerprint density at radius 3 is 2.33 bits per heavy atom. The second kappa shape index (κ2) is 7.66. The van der Waals surface area contributed by atoms with Crippen LogP contribution >= 0.6 is 0 Å². The topological polar surface area (TPSA) is 61.6 Å². The van der Waals surface area contributed by atoms with Gasteiger partial charge in [-0.25, -0.2) is 0 Å². The zero-order valence-electron chi connectivity index (χ0n) is 14.8. The third-order valence-electron chi connectivity index (χ3n) is 5.80. The van der Waals surface area contributed by atoms with Crippen LogP contribution in [-0.2, 0) is 9.53 Å². The van der Waals surface area contributed by atoms with E-state index in [-0.39, 0.29) is 5.92 Å². The quantitative estimate of drug-likeness (QED) is 0.852. The van der Waals surface area contributed by atoms with Crippen LogP contribution < -0.4 is 10.7 Å². The number of rotatable bonds is 4. The fourth-order valence-electron chi connectivity index (χ4n) is 4.60. The van der Waals surface area contributed by atoms with Gasteiger partial charge in [0.15, 0.2) is 0 Å². The maximum absolute atomic E-state index is 12.8. The Kier molecular flexibility index (Phi) is 5.57. The summed E-state index contributed by atoms with van der Waals surface area (Å²) in [4.78, 5) is 17.7. The van der Waals surface area contributed by atoms with E-state index in [0.29, 0.717) is 17.5 Å². The van der Waals surface area contributed by atoms with Crippen LogP contribution in [0.15, 0.2) is 12.1 Å². The summed E-state index contributed by atoms with van der Waals surface area (Å²) >= 11 is 0. The standard InChI is InChI=1S/C20H29NO3/c1-13-9-17(24-21)10-14(2)20(13)18-4-3-16(12-19(18)22)11-15-5-7-23-8-6-15/h9-10,15-16,18H,3-8,11-12,21H2,1-2H3. The van der Waals surface area contributed by atoms with Crippen molar-refractivity contribution < 1.29 is 14.4 Å². The zero-order chi connectivity index (χ0) is 17.1. The van der Waals surface area contributed by atoms with E-state index in [0.717, 1.165) is 62.4 Å². The molecule has 4 heteroatoms. The molecule has 1 aliphatic carbocycles. The molecule has 1 aromatic carbocycles. The smallest absolute Gasteiger partial charge is 0.147 e. The summed E-state index contributed by atoms with van der Waals surface area (Å²) in [5.74, 6) is 7.70. The number of hydrogen-bond donors (Lipinski definition) is 1. The minimum absolute atomic E-state index is 0.0442. The molecule has 3 rings (SSSR count). The van der Waals surface area contributed by atoms with Crippen molar-refractivity contribution in [3.8, 4) is 5.75 Å². The average Bonchev–Trinajstić information content (AvgIpc) is 2.57. The maximum atomic E-state index is 12.8. The fourth-order valence-corrected chi connectivity index (χ4v) is 4.60. The third-order valence-corrected chi connectivity index (χ3v) is 5.80. The molecule has 0 spiro atoms. The van der Waals surface area contributed by atoms with Gasteiger partial charge in [0.1, 0.15) is 11.5 Å². The van der Waals surface area contributed by atoms with Crippen LogP contribution in [0.3, 0.4) is 0 Å². The van der Waals surface area contributed by atoms with Crippen molar-refractivity contribution >= 4 is 5.78 Å². The number of ether oxygens (including phenoxy) is 1. The monoisotopic (exact) mass is 331 g/mol. The molecule has 1 aliphatic heterocycles. The lowest BCUT2D eigenvalue weighted by Gasteiger charge is -2.32.